The van der Waals surface area contributed by atoms with Crippen LogP contribution in [-0.2, 0) is 6.54 Å². The van der Waals surface area contributed by atoms with E-state index in [0.29, 0.717) is 12.6 Å². The zero-order valence-electron chi connectivity index (χ0n) is 12.1. The largest absolute Gasteiger partial charge is 0.331 e. The summed E-state index contributed by atoms with van der Waals surface area (Å²) in [7, 11) is 0. The van der Waals surface area contributed by atoms with Gasteiger partial charge in [0.05, 0.1) is 17.6 Å². The molecular formula is C18H16N2OS. The Labute approximate surface area is 133 Å². The van der Waals surface area contributed by atoms with Crippen LogP contribution in [0.1, 0.15) is 28.1 Å². The molecule has 0 atom stereocenters. The Balaban J connectivity index is 1.71. The molecular weight excluding hydrogens is 292 g/mol. The van der Waals surface area contributed by atoms with Crippen molar-refractivity contribution < 1.29 is 4.79 Å². The summed E-state index contributed by atoms with van der Waals surface area (Å²) in [6, 6.07) is 14.2. The smallest absolute Gasteiger partial charge is 0.255 e. The first-order valence-corrected chi connectivity index (χ1v) is 8.38. The second-order valence-corrected chi connectivity index (χ2v) is 6.65. The van der Waals surface area contributed by atoms with Gasteiger partial charge in [-0.15, -0.1) is 11.3 Å². The van der Waals surface area contributed by atoms with Gasteiger partial charge in [0, 0.05) is 22.5 Å². The molecule has 0 saturated heterocycles. The Morgan fingerprint density at radius 2 is 2.05 bits per heavy atom. The molecule has 110 valence electrons. The molecule has 0 bridgehead atoms. The van der Waals surface area contributed by atoms with Crippen molar-refractivity contribution in [2.24, 2.45) is 0 Å². The van der Waals surface area contributed by atoms with Crippen LogP contribution in [0.4, 0.5) is 0 Å². The number of hydrogen-bond donors (Lipinski definition) is 0. The summed E-state index contributed by atoms with van der Waals surface area (Å²) in [4.78, 5) is 20.7. The maximum atomic E-state index is 13.1. The summed E-state index contributed by atoms with van der Waals surface area (Å²) in [5.41, 5.74) is 1.63. The third-order valence-corrected chi connectivity index (χ3v) is 4.90. The second-order valence-electron chi connectivity index (χ2n) is 5.62. The van der Waals surface area contributed by atoms with E-state index >= 15 is 0 Å². The number of pyridine rings is 1. The van der Waals surface area contributed by atoms with Crippen LogP contribution in [0.5, 0.6) is 0 Å². The molecule has 1 saturated carbocycles. The molecule has 1 aliphatic carbocycles. The SMILES string of the molecule is O=C(c1ccnc2ccccc12)N(Cc1cccs1)C1CC1. The van der Waals surface area contributed by atoms with Gasteiger partial charge in [-0.3, -0.25) is 9.78 Å². The first kappa shape index (κ1) is 13.5. The zero-order valence-corrected chi connectivity index (χ0v) is 12.9. The Kier molecular flexibility index (Phi) is 3.39. The summed E-state index contributed by atoms with van der Waals surface area (Å²) in [6.07, 6.45) is 3.95. The van der Waals surface area contributed by atoms with E-state index in [-0.39, 0.29) is 5.91 Å². The first-order chi connectivity index (χ1) is 10.8. The normalized spacial score (nSPS) is 14.2. The molecule has 0 unspecified atom stereocenters. The molecule has 22 heavy (non-hydrogen) atoms. The predicted molar refractivity (Wildman–Crippen MR) is 89.0 cm³/mol. The molecule has 4 heteroatoms. The second kappa shape index (κ2) is 5.54. The maximum Gasteiger partial charge on any atom is 0.255 e. The van der Waals surface area contributed by atoms with E-state index in [4.69, 9.17) is 0 Å². The highest BCUT2D eigenvalue weighted by Gasteiger charge is 2.33. The molecule has 0 radical (unpaired) electrons. The van der Waals surface area contributed by atoms with Crippen LogP contribution in [0.15, 0.2) is 54.0 Å². The molecule has 0 N–H and O–H groups in total. The number of rotatable bonds is 4. The molecule has 1 aromatic carbocycles. The van der Waals surface area contributed by atoms with E-state index < -0.39 is 0 Å². The van der Waals surface area contributed by atoms with Gasteiger partial charge in [0.1, 0.15) is 0 Å². The van der Waals surface area contributed by atoms with Crippen molar-refractivity contribution in [2.45, 2.75) is 25.4 Å². The molecule has 4 rings (SSSR count). The Morgan fingerprint density at radius 3 is 2.82 bits per heavy atom. The number of amides is 1. The van der Waals surface area contributed by atoms with E-state index in [1.807, 2.05) is 41.3 Å². The van der Waals surface area contributed by atoms with Crippen molar-refractivity contribution in [2.75, 3.05) is 0 Å². The lowest BCUT2D eigenvalue weighted by Crippen LogP contribution is -2.32. The predicted octanol–water partition coefficient (Wildman–Crippen LogP) is 4.10. The standard InChI is InChI=1S/C18H16N2OS/c21-18(16-9-10-19-17-6-2-1-5-15(16)17)20(13-7-8-13)12-14-4-3-11-22-14/h1-6,9-11,13H,7-8,12H2. The molecule has 0 aliphatic heterocycles. The van der Waals surface area contributed by atoms with E-state index in [1.165, 1.54) is 4.88 Å². The summed E-state index contributed by atoms with van der Waals surface area (Å²) in [6.45, 7) is 0.706. The Hall–Kier alpha value is -2.20. The van der Waals surface area contributed by atoms with E-state index in [1.54, 1.807) is 17.5 Å². The third kappa shape index (κ3) is 2.50. The number of nitrogens with zero attached hydrogens (tertiary/aromatic N) is 2. The van der Waals surface area contributed by atoms with Crippen LogP contribution >= 0.6 is 11.3 Å². The summed E-state index contributed by atoms with van der Waals surface area (Å²) < 4.78 is 0. The summed E-state index contributed by atoms with van der Waals surface area (Å²) >= 11 is 1.71. The van der Waals surface area contributed by atoms with Crippen LogP contribution < -0.4 is 0 Å². The number of carbonyl (C=O) groups is 1. The van der Waals surface area contributed by atoms with E-state index in [0.717, 1.165) is 29.3 Å². The average Bonchev–Trinajstić information content (AvgIpc) is 3.27. The molecule has 1 fully saturated rings. The van der Waals surface area contributed by atoms with Crippen LogP contribution in [0.2, 0.25) is 0 Å². The lowest BCUT2D eigenvalue weighted by atomic mass is 10.1. The highest BCUT2D eigenvalue weighted by Crippen LogP contribution is 2.31. The van der Waals surface area contributed by atoms with Crippen molar-refractivity contribution >= 4 is 28.1 Å². The van der Waals surface area contributed by atoms with Crippen molar-refractivity contribution in [3.8, 4) is 0 Å². The molecule has 2 heterocycles. The minimum absolute atomic E-state index is 0.120. The molecule has 2 aromatic heterocycles. The molecule has 1 aliphatic rings. The van der Waals surface area contributed by atoms with Gasteiger partial charge in [0.2, 0.25) is 0 Å². The van der Waals surface area contributed by atoms with Gasteiger partial charge in [0.25, 0.3) is 5.91 Å². The lowest BCUT2D eigenvalue weighted by molar-refractivity contribution is 0.0733. The molecule has 1 amide bonds. The number of aromatic nitrogens is 1. The Bertz CT molecular complexity index is 804. The summed E-state index contributed by atoms with van der Waals surface area (Å²) in [5, 5.41) is 3.00. The van der Waals surface area contributed by atoms with Gasteiger partial charge in [-0.05, 0) is 36.4 Å². The fraction of sp³-hybridized carbons (Fsp3) is 0.222. The maximum absolute atomic E-state index is 13.1. The third-order valence-electron chi connectivity index (χ3n) is 4.03. The number of fused-ring (bicyclic) bond motifs is 1. The van der Waals surface area contributed by atoms with Gasteiger partial charge < -0.3 is 4.90 Å². The molecule has 0 spiro atoms. The van der Waals surface area contributed by atoms with Crippen LogP contribution in [0, 0.1) is 0 Å². The number of carbonyl (C=O) groups excluding carboxylic acids is 1. The first-order valence-electron chi connectivity index (χ1n) is 7.50. The van der Waals surface area contributed by atoms with Crippen LogP contribution in [0.25, 0.3) is 10.9 Å². The van der Waals surface area contributed by atoms with Crippen molar-refractivity contribution in [1.29, 1.82) is 0 Å². The number of para-hydroxylation sites is 1. The van der Waals surface area contributed by atoms with Gasteiger partial charge in [0.15, 0.2) is 0 Å². The Morgan fingerprint density at radius 1 is 1.18 bits per heavy atom. The zero-order chi connectivity index (χ0) is 14.9. The van der Waals surface area contributed by atoms with Gasteiger partial charge >= 0.3 is 0 Å². The quantitative estimate of drug-likeness (QED) is 0.727. The summed E-state index contributed by atoms with van der Waals surface area (Å²) in [5.74, 6) is 0.120. The monoisotopic (exact) mass is 308 g/mol. The van der Waals surface area contributed by atoms with E-state index in [9.17, 15) is 4.79 Å². The van der Waals surface area contributed by atoms with Gasteiger partial charge in [-0.1, -0.05) is 24.3 Å². The van der Waals surface area contributed by atoms with Crippen molar-refractivity contribution in [3.05, 3.63) is 64.5 Å². The van der Waals surface area contributed by atoms with Crippen LogP contribution in [0.3, 0.4) is 0 Å². The fourth-order valence-electron chi connectivity index (χ4n) is 2.76. The number of thiophene rings is 1. The number of benzene rings is 1. The topological polar surface area (TPSA) is 33.2 Å². The van der Waals surface area contributed by atoms with Gasteiger partial charge in [-0.25, -0.2) is 0 Å². The minimum Gasteiger partial charge on any atom is -0.331 e. The minimum atomic E-state index is 0.120. The lowest BCUT2D eigenvalue weighted by Gasteiger charge is -2.22. The van der Waals surface area contributed by atoms with E-state index in [2.05, 4.69) is 16.4 Å². The number of hydrogen-bond acceptors (Lipinski definition) is 3. The highest BCUT2D eigenvalue weighted by molar-refractivity contribution is 7.09. The van der Waals surface area contributed by atoms with Gasteiger partial charge in [-0.2, -0.15) is 0 Å². The highest BCUT2D eigenvalue weighted by atomic mass is 32.1. The van der Waals surface area contributed by atoms with Crippen LogP contribution in [-0.4, -0.2) is 21.8 Å². The van der Waals surface area contributed by atoms with Crippen molar-refractivity contribution in [3.63, 3.8) is 0 Å². The average molecular weight is 308 g/mol. The van der Waals surface area contributed by atoms with Crippen molar-refractivity contribution in [1.82, 2.24) is 9.88 Å². The molecule has 3 nitrogen and oxygen atoms in total. The fourth-order valence-corrected chi connectivity index (χ4v) is 3.46. The molecule has 3 aromatic rings.